The number of rotatable bonds is 2. The molecule has 1 aromatic heterocycles. The fourth-order valence-electron chi connectivity index (χ4n) is 1.67. The van der Waals surface area contributed by atoms with Crippen molar-refractivity contribution >= 4 is 5.97 Å². The molecular weight excluding hydrogens is 259 g/mol. The first kappa shape index (κ1) is 13.1. The largest absolute Gasteiger partial charge is 0.477 e. The second-order valence-corrected chi connectivity index (χ2v) is 3.94. The van der Waals surface area contributed by atoms with E-state index in [0.717, 1.165) is 12.1 Å². The van der Waals surface area contributed by atoms with E-state index < -0.39 is 23.4 Å². The lowest BCUT2D eigenvalue weighted by atomic mass is 10.0. The van der Waals surface area contributed by atoms with Gasteiger partial charge in [-0.2, -0.15) is 0 Å². The van der Waals surface area contributed by atoms with E-state index >= 15 is 0 Å². The quantitative estimate of drug-likeness (QED) is 0.850. The van der Waals surface area contributed by atoms with Crippen molar-refractivity contribution in [3.05, 3.63) is 53.1 Å². The van der Waals surface area contributed by atoms with E-state index in [-0.39, 0.29) is 16.8 Å². The lowest BCUT2D eigenvalue weighted by molar-refractivity contribution is 0.0690. The number of nitrogens with zero attached hydrogens (tertiary/aromatic N) is 1. The monoisotopic (exact) mass is 267 g/mol. The highest BCUT2D eigenvalue weighted by Gasteiger charge is 2.14. The van der Waals surface area contributed by atoms with Crippen LogP contribution in [0.15, 0.2) is 24.3 Å². The van der Waals surface area contributed by atoms with Gasteiger partial charge in [0.2, 0.25) is 0 Å². The zero-order valence-electron chi connectivity index (χ0n) is 9.75. The van der Waals surface area contributed by atoms with E-state index in [1.54, 1.807) is 6.92 Å². The maximum atomic E-state index is 13.1. The summed E-state index contributed by atoms with van der Waals surface area (Å²) in [6.07, 6.45) is 0. The molecule has 0 atom stereocenters. The highest BCUT2D eigenvalue weighted by Crippen LogP contribution is 2.24. The third-order valence-electron chi connectivity index (χ3n) is 2.49. The van der Waals surface area contributed by atoms with Crippen molar-refractivity contribution in [2.45, 2.75) is 6.92 Å². The summed E-state index contributed by atoms with van der Waals surface area (Å²) in [5.41, 5.74) is 0.423. The van der Waals surface area contributed by atoms with E-state index in [2.05, 4.69) is 4.98 Å². The summed E-state index contributed by atoms with van der Waals surface area (Å²) in [4.78, 5) is 14.6. The maximum absolute atomic E-state index is 13.1. The van der Waals surface area contributed by atoms with E-state index in [9.17, 15) is 18.0 Å². The van der Waals surface area contributed by atoms with Crippen LogP contribution < -0.4 is 0 Å². The van der Waals surface area contributed by atoms with Gasteiger partial charge in [-0.3, -0.25) is 0 Å². The molecule has 0 bridgehead atoms. The molecule has 3 nitrogen and oxygen atoms in total. The topological polar surface area (TPSA) is 50.2 Å². The van der Waals surface area contributed by atoms with Gasteiger partial charge in [-0.05, 0) is 42.3 Å². The Morgan fingerprint density at radius 1 is 1.05 bits per heavy atom. The molecule has 0 radical (unpaired) electrons. The fourth-order valence-corrected chi connectivity index (χ4v) is 1.67. The molecule has 0 fully saturated rings. The average molecular weight is 267 g/mol. The van der Waals surface area contributed by atoms with Crippen LogP contribution in [0.3, 0.4) is 0 Å². The van der Waals surface area contributed by atoms with Gasteiger partial charge in [0.05, 0.1) is 0 Å². The number of aromatic carboxylic acids is 1. The number of hydrogen-bond donors (Lipinski definition) is 1. The molecule has 0 spiro atoms. The van der Waals surface area contributed by atoms with Gasteiger partial charge in [0.15, 0.2) is 17.5 Å². The molecule has 0 aliphatic heterocycles. The third-order valence-corrected chi connectivity index (χ3v) is 2.49. The Morgan fingerprint density at radius 2 is 1.58 bits per heavy atom. The standard InChI is InChI=1S/C13H8F3NO2/c1-6-2-7(5-11(17-6)13(18)19)8-3-9(14)12(16)10(15)4-8/h2-5H,1H3,(H,18,19). The summed E-state index contributed by atoms with van der Waals surface area (Å²) in [6.45, 7) is 1.55. The predicted octanol–water partition coefficient (Wildman–Crippen LogP) is 3.17. The molecule has 0 saturated carbocycles. The van der Waals surface area contributed by atoms with Crippen molar-refractivity contribution in [2.75, 3.05) is 0 Å². The fraction of sp³-hybridized carbons (Fsp3) is 0.0769. The Hall–Kier alpha value is -2.37. The van der Waals surface area contributed by atoms with E-state index in [0.29, 0.717) is 5.69 Å². The molecule has 1 aromatic carbocycles. The van der Waals surface area contributed by atoms with Crippen molar-refractivity contribution in [3.63, 3.8) is 0 Å². The number of carbonyl (C=O) groups is 1. The normalized spacial score (nSPS) is 10.5. The number of pyridine rings is 1. The van der Waals surface area contributed by atoms with Crippen molar-refractivity contribution in [1.82, 2.24) is 4.98 Å². The van der Waals surface area contributed by atoms with Crippen LogP contribution >= 0.6 is 0 Å². The summed E-state index contributed by atoms with van der Waals surface area (Å²) in [6, 6.07) is 4.23. The van der Waals surface area contributed by atoms with Crippen LogP contribution in [-0.2, 0) is 0 Å². The second kappa shape index (κ2) is 4.72. The summed E-state index contributed by atoms with van der Waals surface area (Å²) < 4.78 is 39.1. The van der Waals surface area contributed by atoms with E-state index in [1.807, 2.05) is 0 Å². The molecule has 0 unspecified atom stereocenters. The van der Waals surface area contributed by atoms with Crippen LogP contribution in [0.5, 0.6) is 0 Å². The molecule has 2 rings (SSSR count). The Kier molecular flexibility index (Phi) is 3.25. The van der Waals surface area contributed by atoms with Crippen LogP contribution in [-0.4, -0.2) is 16.1 Å². The highest BCUT2D eigenvalue weighted by molar-refractivity contribution is 5.87. The van der Waals surface area contributed by atoms with Gasteiger partial charge in [-0.15, -0.1) is 0 Å². The van der Waals surface area contributed by atoms with Crippen molar-refractivity contribution in [2.24, 2.45) is 0 Å². The Labute approximate surface area is 106 Å². The van der Waals surface area contributed by atoms with E-state index in [1.165, 1.54) is 12.1 Å². The first-order chi connectivity index (χ1) is 8.88. The Bertz CT molecular complexity index is 648. The molecule has 19 heavy (non-hydrogen) atoms. The number of aromatic nitrogens is 1. The smallest absolute Gasteiger partial charge is 0.354 e. The lowest BCUT2D eigenvalue weighted by Gasteiger charge is -2.06. The number of halogens is 3. The van der Waals surface area contributed by atoms with Crippen LogP contribution in [0.25, 0.3) is 11.1 Å². The minimum atomic E-state index is -1.56. The summed E-state index contributed by atoms with van der Waals surface area (Å²) in [7, 11) is 0. The lowest BCUT2D eigenvalue weighted by Crippen LogP contribution is -2.02. The van der Waals surface area contributed by atoms with Gasteiger partial charge < -0.3 is 5.11 Å². The van der Waals surface area contributed by atoms with E-state index in [4.69, 9.17) is 5.11 Å². The number of carboxylic acid groups (broad SMARTS) is 1. The molecule has 0 saturated heterocycles. The van der Waals surface area contributed by atoms with Crippen molar-refractivity contribution in [3.8, 4) is 11.1 Å². The molecule has 1 heterocycles. The van der Waals surface area contributed by atoms with Crippen molar-refractivity contribution in [1.29, 1.82) is 0 Å². The minimum Gasteiger partial charge on any atom is -0.477 e. The minimum absolute atomic E-state index is 0.0457. The Morgan fingerprint density at radius 3 is 2.11 bits per heavy atom. The van der Waals surface area contributed by atoms with Gasteiger partial charge in [0.1, 0.15) is 5.69 Å². The van der Waals surface area contributed by atoms with Crippen molar-refractivity contribution < 1.29 is 23.1 Å². The highest BCUT2D eigenvalue weighted by atomic mass is 19.2. The van der Waals surface area contributed by atoms with Crippen LogP contribution in [0, 0.1) is 24.4 Å². The molecule has 0 aliphatic carbocycles. The first-order valence-corrected chi connectivity index (χ1v) is 5.25. The first-order valence-electron chi connectivity index (χ1n) is 5.25. The molecular formula is C13H8F3NO2. The van der Waals surface area contributed by atoms with Crippen LogP contribution in [0.4, 0.5) is 13.2 Å². The van der Waals surface area contributed by atoms with Gasteiger partial charge in [-0.1, -0.05) is 0 Å². The molecule has 2 aromatic rings. The third kappa shape index (κ3) is 2.57. The summed E-state index contributed by atoms with van der Waals surface area (Å²) >= 11 is 0. The summed E-state index contributed by atoms with van der Waals surface area (Å²) in [5.74, 6) is -5.48. The number of aryl methyl sites for hydroxylation is 1. The van der Waals surface area contributed by atoms with Gasteiger partial charge in [0, 0.05) is 5.69 Å². The number of hydrogen-bond acceptors (Lipinski definition) is 2. The Balaban J connectivity index is 2.62. The average Bonchev–Trinajstić information content (AvgIpc) is 2.34. The summed E-state index contributed by atoms with van der Waals surface area (Å²) in [5, 5.41) is 8.86. The zero-order valence-corrected chi connectivity index (χ0v) is 9.75. The molecule has 98 valence electrons. The van der Waals surface area contributed by atoms with Gasteiger partial charge in [-0.25, -0.2) is 22.9 Å². The number of carboxylic acids is 1. The molecule has 6 heteroatoms. The number of benzene rings is 1. The second-order valence-electron chi connectivity index (χ2n) is 3.94. The van der Waals surface area contributed by atoms with Crippen LogP contribution in [0.1, 0.15) is 16.2 Å². The molecule has 0 amide bonds. The SMILES string of the molecule is Cc1cc(-c2cc(F)c(F)c(F)c2)cc(C(=O)O)n1. The predicted molar refractivity (Wildman–Crippen MR) is 61.2 cm³/mol. The van der Waals surface area contributed by atoms with Crippen LogP contribution in [0.2, 0.25) is 0 Å². The zero-order chi connectivity index (χ0) is 14.2. The van der Waals surface area contributed by atoms with Gasteiger partial charge in [0.25, 0.3) is 0 Å². The molecule has 0 aliphatic rings. The van der Waals surface area contributed by atoms with Gasteiger partial charge >= 0.3 is 5.97 Å². The molecule has 1 N–H and O–H groups in total. The maximum Gasteiger partial charge on any atom is 0.354 e.